The molecule has 76 valence electrons. The maximum atomic E-state index is 12.2. The fourth-order valence-corrected chi connectivity index (χ4v) is 0.806. The Bertz CT molecular complexity index is 290. The van der Waals surface area contributed by atoms with Crippen molar-refractivity contribution in [3.8, 4) is 0 Å². The predicted molar refractivity (Wildman–Crippen MR) is 46.3 cm³/mol. The molecule has 0 aliphatic rings. The molecule has 1 atom stereocenters. The van der Waals surface area contributed by atoms with Crippen LogP contribution in [-0.2, 0) is 4.74 Å². The number of hydrogen-bond donors (Lipinski definition) is 1. The van der Waals surface area contributed by atoms with Gasteiger partial charge in [-0.25, -0.2) is 14.4 Å². The van der Waals surface area contributed by atoms with Crippen LogP contribution in [0.15, 0.2) is 18.6 Å². The largest absolute Gasteiger partial charge is 0.359 e. The molecule has 0 radical (unpaired) electrons. The molecule has 14 heavy (non-hydrogen) atoms. The van der Waals surface area contributed by atoms with Crippen molar-refractivity contribution in [2.45, 2.75) is 6.23 Å². The van der Waals surface area contributed by atoms with Gasteiger partial charge in [-0.15, -0.1) is 0 Å². The van der Waals surface area contributed by atoms with Crippen molar-refractivity contribution >= 4 is 5.91 Å². The highest BCUT2D eigenvalue weighted by atomic mass is 19.1. The lowest BCUT2D eigenvalue weighted by Gasteiger charge is -2.12. The number of carbonyl (C=O) groups excluding carboxylic acids is 1. The third-order valence-corrected chi connectivity index (χ3v) is 1.53. The molecule has 0 aromatic carbocycles. The Morgan fingerprint density at radius 1 is 1.79 bits per heavy atom. The molecule has 1 N–H and O–H groups in total. The van der Waals surface area contributed by atoms with Gasteiger partial charge in [0.2, 0.25) is 0 Å². The highest BCUT2D eigenvalue weighted by molar-refractivity contribution is 5.92. The molecular formula is C8H10FN3O2. The van der Waals surface area contributed by atoms with Crippen molar-refractivity contribution in [3.05, 3.63) is 24.3 Å². The van der Waals surface area contributed by atoms with Crippen LogP contribution < -0.4 is 5.32 Å². The van der Waals surface area contributed by atoms with Gasteiger partial charge in [0, 0.05) is 13.3 Å². The number of hydrogen-bond acceptors (Lipinski definition) is 4. The minimum absolute atomic E-state index is 0.176. The zero-order valence-corrected chi connectivity index (χ0v) is 7.61. The van der Waals surface area contributed by atoms with E-state index in [1.807, 2.05) is 0 Å². The summed E-state index contributed by atoms with van der Waals surface area (Å²) in [4.78, 5) is 18.7. The van der Waals surface area contributed by atoms with E-state index in [0.29, 0.717) is 0 Å². The Hall–Kier alpha value is -1.56. The zero-order valence-electron chi connectivity index (χ0n) is 7.61. The summed E-state index contributed by atoms with van der Waals surface area (Å²) in [6, 6.07) is 1.43. The Labute approximate surface area is 80.3 Å². The van der Waals surface area contributed by atoms with Gasteiger partial charge in [0.1, 0.15) is 18.7 Å². The number of methoxy groups -OCH3 is 1. The van der Waals surface area contributed by atoms with Gasteiger partial charge in [0.15, 0.2) is 6.23 Å². The van der Waals surface area contributed by atoms with Crippen LogP contribution in [0.3, 0.4) is 0 Å². The molecule has 1 amide bonds. The van der Waals surface area contributed by atoms with Crippen molar-refractivity contribution in [2.24, 2.45) is 0 Å². The van der Waals surface area contributed by atoms with E-state index in [4.69, 9.17) is 0 Å². The molecule has 5 nitrogen and oxygen atoms in total. The summed E-state index contributed by atoms with van der Waals surface area (Å²) in [5.74, 6) is -0.489. The number of aromatic nitrogens is 2. The topological polar surface area (TPSA) is 64.1 Å². The minimum atomic E-state index is -0.933. The Kier molecular flexibility index (Phi) is 3.93. The molecular weight excluding hydrogens is 189 g/mol. The van der Waals surface area contributed by atoms with Crippen LogP contribution >= 0.6 is 0 Å². The summed E-state index contributed by atoms with van der Waals surface area (Å²) < 4.78 is 16.8. The molecule has 0 saturated carbocycles. The van der Waals surface area contributed by atoms with Crippen LogP contribution in [0.5, 0.6) is 0 Å². The lowest BCUT2D eigenvalue weighted by molar-refractivity contribution is 0.0445. The van der Waals surface area contributed by atoms with Crippen molar-refractivity contribution in [3.63, 3.8) is 0 Å². The van der Waals surface area contributed by atoms with Crippen molar-refractivity contribution in [2.75, 3.05) is 13.8 Å². The van der Waals surface area contributed by atoms with Crippen molar-refractivity contribution in [1.29, 1.82) is 0 Å². The third kappa shape index (κ3) is 2.74. The quantitative estimate of drug-likeness (QED) is 0.701. The Balaban J connectivity index is 2.59. The Morgan fingerprint density at radius 3 is 3.07 bits per heavy atom. The van der Waals surface area contributed by atoms with Crippen LogP contribution in [0.2, 0.25) is 0 Å². The molecule has 1 aromatic rings. The van der Waals surface area contributed by atoms with E-state index in [1.54, 1.807) is 0 Å². The molecule has 0 saturated heterocycles. The number of rotatable bonds is 4. The maximum Gasteiger partial charge on any atom is 0.272 e. The number of carbonyl (C=O) groups is 1. The first-order valence-electron chi connectivity index (χ1n) is 3.93. The van der Waals surface area contributed by atoms with Crippen LogP contribution in [-0.4, -0.2) is 35.9 Å². The van der Waals surface area contributed by atoms with E-state index in [1.165, 1.54) is 25.7 Å². The number of halogens is 1. The number of ether oxygens (including phenoxy) is 1. The van der Waals surface area contributed by atoms with Crippen LogP contribution in [0.4, 0.5) is 4.39 Å². The zero-order chi connectivity index (χ0) is 10.4. The average Bonchev–Trinajstić information content (AvgIpc) is 2.26. The first-order chi connectivity index (χ1) is 6.77. The standard InChI is InChI=1S/C8H10FN3O2/c1-14-7(4-9)12-8(13)6-2-3-10-5-11-6/h2-3,5,7H,4H2,1H3,(H,12,13). The summed E-state index contributed by atoms with van der Waals surface area (Å²) in [6.45, 7) is -0.784. The van der Waals surface area contributed by atoms with Crippen molar-refractivity contribution < 1.29 is 13.9 Å². The lowest BCUT2D eigenvalue weighted by Crippen LogP contribution is -2.38. The smallest absolute Gasteiger partial charge is 0.272 e. The summed E-state index contributed by atoms with van der Waals surface area (Å²) in [6.07, 6.45) is 1.74. The summed E-state index contributed by atoms with van der Waals surface area (Å²) in [5.41, 5.74) is 0.176. The monoisotopic (exact) mass is 199 g/mol. The summed E-state index contributed by atoms with van der Waals surface area (Å²) >= 11 is 0. The highest BCUT2D eigenvalue weighted by Crippen LogP contribution is 1.93. The van der Waals surface area contributed by atoms with Gasteiger partial charge >= 0.3 is 0 Å². The maximum absolute atomic E-state index is 12.2. The normalized spacial score (nSPS) is 12.1. The fourth-order valence-electron chi connectivity index (χ4n) is 0.806. The average molecular weight is 199 g/mol. The second kappa shape index (κ2) is 5.23. The first kappa shape index (κ1) is 10.5. The molecule has 1 heterocycles. The molecule has 1 aromatic heterocycles. The van der Waals surface area contributed by atoms with Gasteiger partial charge in [-0.2, -0.15) is 0 Å². The molecule has 0 spiro atoms. The Morgan fingerprint density at radius 2 is 2.57 bits per heavy atom. The van der Waals surface area contributed by atoms with Gasteiger partial charge in [-0.1, -0.05) is 0 Å². The SMILES string of the molecule is COC(CF)NC(=O)c1ccncn1. The molecule has 0 bridgehead atoms. The van der Waals surface area contributed by atoms with E-state index in [2.05, 4.69) is 20.0 Å². The number of amides is 1. The van der Waals surface area contributed by atoms with E-state index < -0.39 is 18.8 Å². The summed E-state index contributed by atoms with van der Waals surface area (Å²) in [5, 5.41) is 2.31. The second-order valence-corrected chi connectivity index (χ2v) is 2.45. The van der Waals surface area contributed by atoms with Gasteiger partial charge < -0.3 is 10.1 Å². The number of nitrogens with one attached hydrogen (secondary N) is 1. The van der Waals surface area contributed by atoms with Crippen molar-refractivity contribution in [1.82, 2.24) is 15.3 Å². The van der Waals surface area contributed by atoms with E-state index >= 15 is 0 Å². The number of alkyl halides is 1. The third-order valence-electron chi connectivity index (χ3n) is 1.53. The summed E-state index contributed by atoms with van der Waals surface area (Å²) in [7, 11) is 1.31. The molecule has 1 rings (SSSR count). The van der Waals surface area contributed by atoms with E-state index in [-0.39, 0.29) is 5.69 Å². The van der Waals surface area contributed by atoms with E-state index in [0.717, 1.165) is 0 Å². The molecule has 6 heteroatoms. The van der Waals surface area contributed by atoms with Crippen LogP contribution in [0, 0.1) is 0 Å². The predicted octanol–water partition coefficient (Wildman–Crippen LogP) is 0.148. The molecule has 1 unspecified atom stereocenters. The minimum Gasteiger partial charge on any atom is -0.359 e. The van der Waals surface area contributed by atoms with Gasteiger partial charge in [-0.3, -0.25) is 4.79 Å². The van der Waals surface area contributed by atoms with Gasteiger partial charge in [-0.05, 0) is 6.07 Å². The molecule has 0 aliphatic heterocycles. The number of nitrogens with zero attached hydrogens (tertiary/aromatic N) is 2. The van der Waals surface area contributed by atoms with Gasteiger partial charge in [0.05, 0.1) is 0 Å². The molecule has 0 fully saturated rings. The second-order valence-electron chi connectivity index (χ2n) is 2.45. The van der Waals surface area contributed by atoms with Crippen LogP contribution in [0.25, 0.3) is 0 Å². The molecule has 0 aliphatic carbocycles. The van der Waals surface area contributed by atoms with Crippen LogP contribution in [0.1, 0.15) is 10.5 Å². The fraction of sp³-hybridized carbons (Fsp3) is 0.375. The lowest BCUT2D eigenvalue weighted by atomic mass is 10.4. The van der Waals surface area contributed by atoms with E-state index in [9.17, 15) is 9.18 Å². The highest BCUT2D eigenvalue weighted by Gasteiger charge is 2.12. The first-order valence-corrected chi connectivity index (χ1v) is 3.93. The van der Waals surface area contributed by atoms with Gasteiger partial charge in [0.25, 0.3) is 5.91 Å².